The normalized spacial score (nSPS) is 14.5. The summed E-state index contributed by atoms with van der Waals surface area (Å²) in [5.74, 6) is 2.30. The third-order valence-electron chi connectivity index (χ3n) is 6.50. The summed E-state index contributed by atoms with van der Waals surface area (Å²) in [6.45, 7) is 2.03. The summed E-state index contributed by atoms with van der Waals surface area (Å²) < 4.78 is 8.18. The SMILES string of the molecule is O=C(NCCCCCc1nc2ccccc2n1CCOc1ccccc1Cl)C1CCCCC1. The van der Waals surface area contributed by atoms with Crippen molar-refractivity contribution in [2.24, 2.45) is 5.92 Å². The van der Waals surface area contributed by atoms with Gasteiger partial charge in [0.1, 0.15) is 18.2 Å². The van der Waals surface area contributed by atoms with Gasteiger partial charge < -0.3 is 14.6 Å². The summed E-state index contributed by atoms with van der Waals surface area (Å²) >= 11 is 6.21. The lowest BCUT2D eigenvalue weighted by Gasteiger charge is -2.20. The molecule has 33 heavy (non-hydrogen) atoms. The number of halogens is 1. The van der Waals surface area contributed by atoms with E-state index in [2.05, 4.69) is 22.0 Å². The molecule has 1 aliphatic carbocycles. The number of hydrogen-bond donors (Lipinski definition) is 1. The number of amides is 1. The Bertz CT molecular complexity index is 1040. The molecule has 1 saturated carbocycles. The third kappa shape index (κ3) is 6.50. The molecule has 0 unspecified atom stereocenters. The molecule has 176 valence electrons. The fourth-order valence-corrected chi connectivity index (χ4v) is 4.87. The van der Waals surface area contributed by atoms with E-state index in [1.807, 2.05) is 36.4 Å². The topological polar surface area (TPSA) is 56.2 Å². The first-order chi connectivity index (χ1) is 16.2. The summed E-state index contributed by atoms with van der Waals surface area (Å²) in [7, 11) is 0. The van der Waals surface area contributed by atoms with Crippen LogP contribution < -0.4 is 10.1 Å². The van der Waals surface area contributed by atoms with Crippen LogP contribution >= 0.6 is 11.6 Å². The van der Waals surface area contributed by atoms with Gasteiger partial charge in [-0.2, -0.15) is 0 Å². The van der Waals surface area contributed by atoms with Crippen LogP contribution in [0.2, 0.25) is 5.02 Å². The molecule has 1 fully saturated rings. The zero-order chi connectivity index (χ0) is 22.9. The highest BCUT2D eigenvalue weighted by Gasteiger charge is 2.20. The van der Waals surface area contributed by atoms with Gasteiger partial charge in [-0.1, -0.05) is 61.5 Å². The number of fused-ring (bicyclic) bond motifs is 1. The van der Waals surface area contributed by atoms with E-state index in [9.17, 15) is 4.79 Å². The predicted octanol–water partition coefficient (Wildman–Crippen LogP) is 6.18. The first-order valence-electron chi connectivity index (χ1n) is 12.3. The zero-order valence-electron chi connectivity index (χ0n) is 19.3. The van der Waals surface area contributed by atoms with Gasteiger partial charge in [-0.05, 0) is 49.9 Å². The number of nitrogens with one attached hydrogen (secondary N) is 1. The summed E-state index contributed by atoms with van der Waals surface area (Å²) in [6, 6.07) is 15.8. The minimum atomic E-state index is 0.242. The van der Waals surface area contributed by atoms with Crippen LogP contribution in [0, 0.1) is 5.92 Å². The van der Waals surface area contributed by atoms with Gasteiger partial charge in [0.05, 0.1) is 22.6 Å². The molecule has 4 rings (SSSR count). The fourth-order valence-electron chi connectivity index (χ4n) is 4.68. The smallest absolute Gasteiger partial charge is 0.223 e. The Labute approximate surface area is 201 Å². The summed E-state index contributed by atoms with van der Waals surface area (Å²) in [4.78, 5) is 17.2. The number of nitrogens with zero attached hydrogens (tertiary/aromatic N) is 2. The maximum Gasteiger partial charge on any atom is 0.223 e. The van der Waals surface area contributed by atoms with Crippen molar-refractivity contribution in [3.05, 3.63) is 59.4 Å². The largest absolute Gasteiger partial charge is 0.490 e. The van der Waals surface area contributed by atoms with Crippen LogP contribution in [0.25, 0.3) is 11.0 Å². The molecule has 1 aliphatic rings. The molecular formula is C27H34ClN3O2. The number of para-hydroxylation sites is 3. The lowest BCUT2D eigenvalue weighted by molar-refractivity contribution is -0.125. The monoisotopic (exact) mass is 467 g/mol. The van der Waals surface area contributed by atoms with Crippen LogP contribution in [-0.4, -0.2) is 28.6 Å². The number of aromatic nitrogens is 2. The molecular weight excluding hydrogens is 434 g/mol. The van der Waals surface area contributed by atoms with E-state index in [1.165, 1.54) is 19.3 Å². The van der Waals surface area contributed by atoms with Gasteiger partial charge in [0.15, 0.2) is 0 Å². The fraction of sp³-hybridized carbons (Fsp3) is 0.481. The van der Waals surface area contributed by atoms with Gasteiger partial charge in [0.25, 0.3) is 0 Å². The number of carbonyl (C=O) groups excluding carboxylic acids is 1. The van der Waals surface area contributed by atoms with E-state index >= 15 is 0 Å². The molecule has 1 N–H and O–H groups in total. The highest BCUT2D eigenvalue weighted by molar-refractivity contribution is 6.32. The molecule has 0 atom stereocenters. The second-order valence-corrected chi connectivity index (χ2v) is 9.29. The Morgan fingerprint density at radius 2 is 1.82 bits per heavy atom. The predicted molar refractivity (Wildman–Crippen MR) is 134 cm³/mol. The highest BCUT2D eigenvalue weighted by Crippen LogP contribution is 2.24. The van der Waals surface area contributed by atoms with Gasteiger partial charge in [-0.3, -0.25) is 4.79 Å². The number of ether oxygens (including phenoxy) is 1. The van der Waals surface area contributed by atoms with Gasteiger partial charge in [-0.25, -0.2) is 4.98 Å². The second-order valence-electron chi connectivity index (χ2n) is 8.88. The van der Waals surface area contributed by atoms with Crippen molar-refractivity contribution in [3.8, 4) is 5.75 Å². The van der Waals surface area contributed by atoms with Gasteiger partial charge in [0, 0.05) is 18.9 Å². The zero-order valence-corrected chi connectivity index (χ0v) is 20.0. The van der Waals surface area contributed by atoms with E-state index < -0.39 is 0 Å². The molecule has 1 heterocycles. The van der Waals surface area contributed by atoms with Crippen molar-refractivity contribution < 1.29 is 9.53 Å². The van der Waals surface area contributed by atoms with Crippen LogP contribution in [-0.2, 0) is 17.8 Å². The molecule has 2 aromatic carbocycles. The first-order valence-corrected chi connectivity index (χ1v) is 12.7. The van der Waals surface area contributed by atoms with Crippen molar-refractivity contribution in [3.63, 3.8) is 0 Å². The van der Waals surface area contributed by atoms with Crippen LogP contribution in [0.3, 0.4) is 0 Å². The van der Waals surface area contributed by atoms with Crippen molar-refractivity contribution in [1.29, 1.82) is 0 Å². The summed E-state index contributed by atoms with van der Waals surface area (Å²) in [6.07, 6.45) is 9.83. The Hall–Kier alpha value is -2.53. The van der Waals surface area contributed by atoms with Crippen molar-refractivity contribution >= 4 is 28.5 Å². The Balaban J connectivity index is 1.25. The number of imidazole rings is 1. The van der Waals surface area contributed by atoms with Gasteiger partial charge in [-0.15, -0.1) is 0 Å². The van der Waals surface area contributed by atoms with Gasteiger partial charge in [0.2, 0.25) is 5.91 Å². The van der Waals surface area contributed by atoms with E-state index in [1.54, 1.807) is 0 Å². The van der Waals surface area contributed by atoms with Crippen LogP contribution in [0.15, 0.2) is 48.5 Å². The quantitative estimate of drug-likeness (QED) is 0.342. The van der Waals surface area contributed by atoms with Crippen molar-refractivity contribution in [2.75, 3.05) is 13.2 Å². The van der Waals surface area contributed by atoms with Crippen molar-refractivity contribution in [1.82, 2.24) is 14.9 Å². The molecule has 3 aromatic rings. The average molecular weight is 468 g/mol. The van der Waals surface area contributed by atoms with E-state index in [0.29, 0.717) is 17.4 Å². The molecule has 5 nitrogen and oxygen atoms in total. The minimum Gasteiger partial charge on any atom is -0.490 e. The molecule has 0 bridgehead atoms. The van der Waals surface area contributed by atoms with E-state index in [-0.39, 0.29) is 11.8 Å². The number of rotatable bonds is 11. The highest BCUT2D eigenvalue weighted by atomic mass is 35.5. The molecule has 1 aromatic heterocycles. The molecule has 1 amide bonds. The maximum absolute atomic E-state index is 12.3. The number of benzene rings is 2. The summed E-state index contributed by atoms with van der Waals surface area (Å²) in [5.41, 5.74) is 2.15. The second kappa shape index (κ2) is 12.1. The van der Waals surface area contributed by atoms with Gasteiger partial charge >= 0.3 is 0 Å². The first kappa shape index (κ1) is 23.6. The molecule has 6 heteroatoms. The minimum absolute atomic E-state index is 0.242. The standard InChI is InChI=1S/C27H34ClN3O2/c28-22-13-6-9-16-25(22)33-20-19-31-24-15-8-7-14-23(24)30-26(31)17-5-2-10-18-29-27(32)21-11-3-1-4-12-21/h6-9,13-16,21H,1-5,10-12,17-20H2,(H,29,32). The number of carbonyl (C=O) groups is 1. The average Bonchev–Trinajstić information content (AvgIpc) is 3.20. The molecule has 0 aliphatic heterocycles. The van der Waals surface area contributed by atoms with Crippen LogP contribution in [0.5, 0.6) is 5.75 Å². The Morgan fingerprint density at radius 3 is 2.67 bits per heavy atom. The molecule has 0 spiro atoms. The van der Waals surface area contributed by atoms with E-state index in [0.717, 1.165) is 68.5 Å². The van der Waals surface area contributed by atoms with Crippen LogP contribution in [0.4, 0.5) is 0 Å². The molecule has 0 radical (unpaired) electrons. The number of aryl methyl sites for hydroxylation is 1. The molecule has 0 saturated heterocycles. The maximum atomic E-state index is 12.3. The third-order valence-corrected chi connectivity index (χ3v) is 6.81. The number of unbranched alkanes of at least 4 members (excludes halogenated alkanes) is 2. The summed E-state index contributed by atoms with van der Waals surface area (Å²) in [5, 5.41) is 3.77. The van der Waals surface area contributed by atoms with E-state index in [4.69, 9.17) is 21.3 Å². The Kier molecular flexibility index (Phi) is 8.65. The number of hydrogen-bond acceptors (Lipinski definition) is 3. The van der Waals surface area contributed by atoms with Crippen molar-refractivity contribution in [2.45, 2.75) is 64.3 Å². The Morgan fingerprint density at radius 1 is 1.03 bits per heavy atom. The van der Waals surface area contributed by atoms with Crippen LogP contribution in [0.1, 0.15) is 57.2 Å². The lowest BCUT2D eigenvalue weighted by Crippen LogP contribution is -2.32. The lowest BCUT2D eigenvalue weighted by atomic mass is 9.89.